The van der Waals surface area contributed by atoms with Gasteiger partial charge in [-0.05, 0) is 48.4 Å². The first-order valence-electron chi connectivity index (χ1n) is 8.52. The Morgan fingerprint density at radius 1 is 1.04 bits per heavy atom. The van der Waals surface area contributed by atoms with Gasteiger partial charge in [-0.25, -0.2) is 9.79 Å². The molecule has 0 fully saturated rings. The number of nitrogens with zero attached hydrogens (tertiary/aromatic N) is 1. The van der Waals surface area contributed by atoms with Crippen molar-refractivity contribution in [1.29, 1.82) is 0 Å². The van der Waals surface area contributed by atoms with Crippen molar-refractivity contribution in [2.24, 2.45) is 4.99 Å². The number of rotatable bonds is 5. The molecule has 5 heteroatoms. The van der Waals surface area contributed by atoms with E-state index >= 15 is 0 Å². The fraction of sp³-hybridized carbons (Fsp3) is 0.0909. The van der Waals surface area contributed by atoms with E-state index in [-0.39, 0.29) is 11.6 Å². The van der Waals surface area contributed by atoms with E-state index in [1.807, 2.05) is 24.3 Å². The highest BCUT2D eigenvalue weighted by atomic mass is 16.6. The van der Waals surface area contributed by atoms with Crippen LogP contribution >= 0.6 is 0 Å². The molecule has 1 aromatic heterocycles. The van der Waals surface area contributed by atoms with Crippen LogP contribution < -0.4 is 4.74 Å². The summed E-state index contributed by atoms with van der Waals surface area (Å²) >= 11 is 0. The van der Waals surface area contributed by atoms with Gasteiger partial charge >= 0.3 is 5.97 Å². The van der Waals surface area contributed by atoms with Gasteiger partial charge in [-0.1, -0.05) is 42.0 Å². The first-order valence-corrected chi connectivity index (χ1v) is 8.52. The molecule has 4 rings (SSSR count). The van der Waals surface area contributed by atoms with Crippen molar-refractivity contribution in [2.75, 3.05) is 0 Å². The van der Waals surface area contributed by atoms with Gasteiger partial charge in [0.1, 0.15) is 12.4 Å². The third-order valence-electron chi connectivity index (χ3n) is 4.06. The van der Waals surface area contributed by atoms with E-state index in [0.717, 1.165) is 16.9 Å². The fourth-order valence-electron chi connectivity index (χ4n) is 2.58. The number of ether oxygens (including phenoxy) is 2. The summed E-state index contributed by atoms with van der Waals surface area (Å²) in [6.45, 7) is 2.56. The maximum atomic E-state index is 12.0. The minimum absolute atomic E-state index is 0.175. The van der Waals surface area contributed by atoms with Gasteiger partial charge in [-0.2, -0.15) is 0 Å². The third kappa shape index (κ3) is 3.98. The summed E-state index contributed by atoms with van der Waals surface area (Å²) in [5, 5.41) is 0. The Labute approximate surface area is 156 Å². The highest BCUT2D eigenvalue weighted by Gasteiger charge is 2.25. The molecule has 1 aliphatic heterocycles. The summed E-state index contributed by atoms with van der Waals surface area (Å²) in [6.07, 6.45) is 3.17. The molecule has 0 saturated carbocycles. The highest BCUT2D eigenvalue weighted by Crippen LogP contribution is 2.21. The summed E-state index contributed by atoms with van der Waals surface area (Å²) < 4.78 is 16.1. The zero-order valence-electron chi connectivity index (χ0n) is 14.7. The lowest BCUT2D eigenvalue weighted by atomic mass is 10.1. The summed E-state index contributed by atoms with van der Waals surface area (Å²) in [5.41, 5.74) is 3.39. The van der Waals surface area contributed by atoms with E-state index in [4.69, 9.17) is 13.9 Å². The molecule has 0 N–H and O–H groups in total. The average Bonchev–Trinajstić information content (AvgIpc) is 3.33. The normalized spacial score (nSPS) is 14.9. The zero-order valence-corrected chi connectivity index (χ0v) is 14.7. The topological polar surface area (TPSA) is 61.0 Å². The Bertz CT molecular complexity index is 997. The molecule has 0 aliphatic carbocycles. The largest absolute Gasteiger partial charge is 0.489 e. The fourth-order valence-corrected chi connectivity index (χ4v) is 2.58. The lowest BCUT2D eigenvalue weighted by molar-refractivity contribution is -0.130. The van der Waals surface area contributed by atoms with E-state index in [0.29, 0.717) is 12.4 Å². The van der Waals surface area contributed by atoms with Crippen molar-refractivity contribution in [1.82, 2.24) is 0 Å². The lowest BCUT2D eigenvalue weighted by Gasteiger charge is -2.07. The Balaban J connectivity index is 1.43. The number of benzene rings is 2. The van der Waals surface area contributed by atoms with Gasteiger partial charge in [-0.15, -0.1) is 0 Å². The van der Waals surface area contributed by atoms with Crippen molar-refractivity contribution >= 4 is 17.9 Å². The molecule has 0 radical (unpaired) electrons. The summed E-state index contributed by atoms with van der Waals surface area (Å²) in [7, 11) is 0. The van der Waals surface area contributed by atoms with Crippen LogP contribution in [0.25, 0.3) is 6.08 Å². The lowest BCUT2D eigenvalue weighted by Crippen LogP contribution is -2.04. The Morgan fingerprint density at radius 2 is 1.81 bits per heavy atom. The molecule has 0 atom stereocenters. The number of esters is 1. The average molecular weight is 359 g/mol. The van der Waals surface area contributed by atoms with Gasteiger partial charge in [0.2, 0.25) is 0 Å². The predicted molar refractivity (Wildman–Crippen MR) is 101 cm³/mol. The first-order chi connectivity index (χ1) is 13.2. The summed E-state index contributed by atoms with van der Waals surface area (Å²) in [4.78, 5) is 16.2. The number of furan rings is 1. The Kier molecular flexibility index (Phi) is 4.58. The van der Waals surface area contributed by atoms with Crippen LogP contribution in [0, 0.1) is 6.92 Å². The molecule has 134 valence electrons. The number of hydrogen-bond donors (Lipinski definition) is 0. The van der Waals surface area contributed by atoms with Gasteiger partial charge in [0.25, 0.3) is 5.90 Å². The first kappa shape index (κ1) is 16.8. The Hall–Kier alpha value is -3.60. The SMILES string of the molecule is Cc1ccc(COc2ccc(/C=C3\N=C(c4ccco4)OC3=O)cc2)cc1. The molecular formula is C22H17NO4. The van der Waals surface area contributed by atoms with Crippen LogP contribution in [0.3, 0.4) is 0 Å². The molecule has 5 nitrogen and oxygen atoms in total. The van der Waals surface area contributed by atoms with E-state index < -0.39 is 5.97 Å². The smallest absolute Gasteiger partial charge is 0.363 e. The Morgan fingerprint density at radius 3 is 2.52 bits per heavy atom. The third-order valence-corrected chi connectivity index (χ3v) is 4.06. The second-order valence-electron chi connectivity index (χ2n) is 6.16. The van der Waals surface area contributed by atoms with E-state index in [2.05, 4.69) is 36.2 Å². The minimum atomic E-state index is -0.499. The van der Waals surface area contributed by atoms with Gasteiger partial charge in [0.05, 0.1) is 6.26 Å². The number of aryl methyl sites for hydroxylation is 1. The quantitative estimate of drug-likeness (QED) is 0.497. The van der Waals surface area contributed by atoms with Gasteiger partial charge in [-0.3, -0.25) is 0 Å². The molecule has 1 aliphatic rings. The molecule has 0 saturated heterocycles. The summed E-state index contributed by atoms with van der Waals surface area (Å²) in [5.74, 6) is 0.855. The van der Waals surface area contributed by atoms with Crippen molar-refractivity contribution in [3.8, 4) is 5.75 Å². The van der Waals surface area contributed by atoms with Crippen molar-refractivity contribution in [2.45, 2.75) is 13.5 Å². The maximum absolute atomic E-state index is 12.0. The van der Waals surface area contributed by atoms with Gasteiger partial charge in [0, 0.05) is 0 Å². The molecule has 0 amide bonds. The predicted octanol–water partition coefficient (Wildman–Crippen LogP) is 4.51. The van der Waals surface area contributed by atoms with Crippen LogP contribution in [0.5, 0.6) is 5.75 Å². The molecule has 2 heterocycles. The number of aliphatic imine (C=N–C) groups is 1. The standard InChI is InChI=1S/C22H17NO4/c1-15-4-6-17(7-5-15)14-26-18-10-8-16(9-11-18)13-19-22(24)27-21(23-19)20-3-2-12-25-20/h2-13H,14H2,1H3/b19-13-. The number of carbonyl (C=O) groups is 1. The van der Waals surface area contributed by atoms with Crippen LogP contribution in [0.15, 0.2) is 82.0 Å². The zero-order chi connectivity index (χ0) is 18.6. The number of carbonyl (C=O) groups excluding carboxylic acids is 1. The van der Waals surface area contributed by atoms with Crippen molar-refractivity contribution in [3.63, 3.8) is 0 Å². The van der Waals surface area contributed by atoms with Gasteiger partial charge in [0.15, 0.2) is 11.5 Å². The molecule has 0 bridgehead atoms. The van der Waals surface area contributed by atoms with Crippen LogP contribution in [0.4, 0.5) is 0 Å². The van der Waals surface area contributed by atoms with E-state index in [9.17, 15) is 4.79 Å². The molecule has 2 aromatic carbocycles. The number of hydrogen-bond acceptors (Lipinski definition) is 5. The maximum Gasteiger partial charge on any atom is 0.363 e. The van der Waals surface area contributed by atoms with E-state index in [1.165, 1.54) is 11.8 Å². The second kappa shape index (κ2) is 7.33. The molecular weight excluding hydrogens is 342 g/mol. The monoisotopic (exact) mass is 359 g/mol. The molecule has 0 unspecified atom stereocenters. The molecule has 0 spiro atoms. The molecule has 27 heavy (non-hydrogen) atoms. The second-order valence-corrected chi connectivity index (χ2v) is 6.16. The van der Waals surface area contributed by atoms with Crippen LogP contribution in [0.1, 0.15) is 22.5 Å². The highest BCUT2D eigenvalue weighted by molar-refractivity contribution is 6.11. The number of cyclic esters (lactones) is 1. The van der Waals surface area contributed by atoms with Crippen LogP contribution in [-0.4, -0.2) is 11.9 Å². The van der Waals surface area contributed by atoms with Crippen molar-refractivity contribution < 1.29 is 18.7 Å². The van der Waals surface area contributed by atoms with Crippen LogP contribution in [0.2, 0.25) is 0 Å². The van der Waals surface area contributed by atoms with Crippen LogP contribution in [-0.2, 0) is 16.1 Å². The van der Waals surface area contributed by atoms with Crippen molar-refractivity contribution in [3.05, 3.63) is 95.1 Å². The summed E-state index contributed by atoms with van der Waals surface area (Å²) in [6, 6.07) is 19.1. The molecule has 3 aromatic rings. The van der Waals surface area contributed by atoms with Gasteiger partial charge < -0.3 is 13.9 Å². The van der Waals surface area contributed by atoms with E-state index in [1.54, 1.807) is 18.2 Å². The minimum Gasteiger partial charge on any atom is -0.489 e.